The third-order valence-electron chi connectivity index (χ3n) is 5.10. The number of aromatic nitrogens is 2. The second-order valence-electron chi connectivity index (χ2n) is 7.28. The molecule has 0 aliphatic carbocycles. The van der Waals surface area contributed by atoms with Crippen molar-refractivity contribution in [1.82, 2.24) is 14.7 Å². The third kappa shape index (κ3) is 4.23. The number of hydrogen-bond donors (Lipinski definition) is 0. The quantitative estimate of drug-likeness (QED) is 0.479. The summed E-state index contributed by atoms with van der Waals surface area (Å²) in [4.78, 5) is 25.3. The topological polar surface area (TPSA) is 90.5 Å². The van der Waals surface area contributed by atoms with Crippen LogP contribution >= 0.6 is 0 Å². The minimum Gasteiger partial charge on any atom is -0.375 e. The van der Waals surface area contributed by atoms with Crippen LogP contribution in [0.3, 0.4) is 0 Å². The molecule has 0 radical (unpaired) electrons. The van der Waals surface area contributed by atoms with Gasteiger partial charge in [-0.05, 0) is 31.2 Å². The second-order valence-corrected chi connectivity index (χ2v) is 7.28. The molecule has 1 amide bonds. The van der Waals surface area contributed by atoms with E-state index in [1.54, 1.807) is 16.8 Å². The number of amides is 1. The van der Waals surface area contributed by atoms with Crippen LogP contribution in [0, 0.1) is 10.1 Å². The minimum atomic E-state index is -0.434. The molecule has 1 aliphatic rings. The van der Waals surface area contributed by atoms with E-state index in [-0.39, 0.29) is 24.1 Å². The molecule has 4 rings (SSSR count). The molecule has 2 heterocycles. The fraction of sp³-hybridized carbons (Fsp3) is 0.273. The van der Waals surface area contributed by atoms with E-state index in [1.165, 1.54) is 12.1 Å². The summed E-state index contributed by atoms with van der Waals surface area (Å²) < 4.78 is 7.27. The van der Waals surface area contributed by atoms with Gasteiger partial charge in [0.05, 0.1) is 35.4 Å². The summed E-state index contributed by atoms with van der Waals surface area (Å²) in [6, 6.07) is 15.9. The van der Waals surface area contributed by atoms with E-state index in [4.69, 9.17) is 4.74 Å². The van der Waals surface area contributed by atoms with Gasteiger partial charge in [0.15, 0.2) is 0 Å². The van der Waals surface area contributed by atoms with Crippen molar-refractivity contribution < 1.29 is 14.5 Å². The number of nitro groups is 1. The summed E-state index contributed by atoms with van der Waals surface area (Å²) in [6.07, 6.45) is 2.07. The van der Waals surface area contributed by atoms with Gasteiger partial charge >= 0.3 is 0 Å². The number of benzene rings is 2. The van der Waals surface area contributed by atoms with E-state index in [1.807, 2.05) is 48.4 Å². The first-order valence-electron chi connectivity index (χ1n) is 9.79. The van der Waals surface area contributed by atoms with E-state index in [0.717, 1.165) is 16.8 Å². The Kier molecular flexibility index (Phi) is 5.58. The molecule has 0 saturated carbocycles. The number of hydrogen-bond acceptors (Lipinski definition) is 5. The fourth-order valence-corrected chi connectivity index (χ4v) is 3.56. The van der Waals surface area contributed by atoms with Crippen molar-refractivity contribution in [3.63, 3.8) is 0 Å². The number of non-ortho nitro benzene ring substituents is 1. The van der Waals surface area contributed by atoms with Crippen LogP contribution in [-0.4, -0.2) is 51.3 Å². The van der Waals surface area contributed by atoms with Crippen molar-refractivity contribution in [3.05, 3.63) is 76.5 Å². The van der Waals surface area contributed by atoms with Gasteiger partial charge in [-0.15, -0.1) is 0 Å². The zero-order valence-corrected chi connectivity index (χ0v) is 16.6. The lowest BCUT2D eigenvalue weighted by Crippen LogP contribution is -2.45. The highest BCUT2D eigenvalue weighted by Gasteiger charge is 2.24. The Morgan fingerprint density at radius 1 is 1.20 bits per heavy atom. The number of nitrogens with zero attached hydrogens (tertiary/aromatic N) is 4. The number of carbonyl (C=O) groups excluding carboxylic acids is 1. The monoisotopic (exact) mass is 406 g/mol. The SMILES string of the molecule is CC1CN(C(=O)Cc2cn(-c3ccccc3)nc2-c2ccc([N+](=O)[O-])cc2)CCO1. The van der Waals surface area contributed by atoms with Crippen molar-refractivity contribution in [2.24, 2.45) is 0 Å². The summed E-state index contributed by atoms with van der Waals surface area (Å²) in [5.74, 6) is 0.0147. The van der Waals surface area contributed by atoms with E-state index in [9.17, 15) is 14.9 Å². The van der Waals surface area contributed by atoms with Crippen LogP contribution in [0.25, 0.3) is 16.9 Å². The van der Waals surface area contributed by atoms with Crippen LogP contribution in [0.4, 0.5) is 5.69 Å². The van der Waals surface area contributed by atoms with Gasteiger partial charge in [-0.25, -0.2) is 4.68 Å². The van der Waals surface area contributed by atoms with Crippen molar-refractivity contribution in [2.45, 2.75) is 19.4 Å². The van der Waals surface area contributed by atoms with Gasteiger partial charge in [0.25, 0.3) is 5.69 Å². The normalized spacial score (nSPS) is 16.4. The van der Waals surface area contributed by atoms with Crippen molar-refractivity contribution in [3.8, 4) is 16.9 Å². The first-order valence-corrected chi connectivity index (χ1v) is 9.79. The van der Waals surface area contributed by atoms with Gasteiger partial charge in [-0.2, -0.15) is 5.10 Å². The Balaban J connectivity index is 1.67. The van der Waals surface area contributed by atoms with Crippen LogP contribution in [0.1, 0.15) is 12.5 Å². The molecule has 8 nitrogen and oxygen atoms in total. The summed E-state index contributed by atoms with van der Waals surface area (Å²) in [6.45, 7) is 3.63. The molecule has 2 aromatic carbocycles. The molecule has 0 spiro atoms. The number of morpholine rings is 1. The van der Waals surface area contributed by atoms with E-state index in [0.29, 0.717) is 25.4 Å². The fourth-order valence-electron chi connectivity index (χ4n) is 3.56. The molecule has 1 atom stereocenters. The predicted octanol–water partition coefficient (Wildman–Crippen LogP) is 3.24. The van der Waals surface area contributed by atoms with Crippen LogP contribution in [0.5, 0.6) is 0 Å². The summed E-state index contributed by atoms with van der Waals surface area (Å²) in [5.41, 5.74) is 3.04. The second kappa shape index (κ2) is 8.46. The Morgan fingerprint density at radius 3 is 2.60 bits per heavy atom. The maximum atomic E-state index is 12.9. The number of para-hydroxylation sites is 1. The molecule has 8 heteroatoms. The van der Waals surface area contributed by atoms with Crippen LogP contribution in [0.15, 0.2) is 60.8 Å². The molecular formula is C22H22N4O4. The first-order chi connectivity index (χ1) is 14.5. The molecule has 1 unspecified atom stereocenters. The van der Waals surface area contributed by atoms with Crippen molar-refractivity contribution in [2.75, 3.05) is 19.7 Å². The minimum absolute atomic E-state index is 0.0147. The zero-order valence-electron chi connectivity index (χ0n) is 16.6. The zero-order chi connectivity index (χ0) is 21.1. The van der Waals surface area contributed by atoms with Crippen LogP contribution in [0.2, 0.25) is 0 Å². The predicted molar refractivity (Wildman–Crippen MR) is 111 cm³/mol. The third-order valence-corrected chi connectivity index (χ3v) is 5.10. The lowest BCUT2D eigenvalue weighted by molar-refractivity contribution is -0.384. The molecule has 1 saturated heterocycles. The summed E-state index contributed by atoms with van der Waals surface area (Å²) >= 11 is 0. The molecule has 30 heavy (non-hydrogen) atoms. The lowest BCUT2D eigenvalue weighted by atomic mass is 10.0. The molecular weight excluding hydrogens is 384 g/mol. The number of carbonyl (C=O) groups is 1. The van der Waals surface area contributed by atoms with Crippen LogP contribution < -0.4 is 0 Å². The van der Waals surface area contributed by atoms with Gasteiger partial charge in [0.2, 0.25) is 5.91 Å². The van der Waals surface area contributed by atoms with Crippen molar-refractivity contribution >= 4 is 11.6 Å². The summed E-state index contributed by atoms with van der Waals surface area (Å²) in [7, 11) is 0. The Labute approximate surface area is 173 Å². The summed E-state index contributed by atoms with van der Waals surface area (Å²) in [5, 5.41) is 15.7. The first kappa shape index (κ1) is 19.8. The van der Waals surface area contributed by atoms with E-state index >= 15 is 0 Å². The molecule has 0 bridgehead atoms. The Morgan fingerprint density at radius 2 is 1.93 bits per heavy atom. The average Bonchev–Trinajstić information content (AvgIpc) is 3.18. The average molecular weight is 406 g/mol. The number of rotatable bonds is 5. The Bertz CT molecular complexity index is 1050. The molecule has 1 aromatic heterocycles. The maximum absolute atomic E-state index is 12.9. The molecule has 154 valence electrons. The van der Waals surface area contributed by atoms with Gasteiger partial charge in [0, 0.05) is 42.5 Å². The van der Waals surface area contributed by atoms with Gasteiger partial charge in [0.1, 0.15) is 0 Å². The van der Waals surface area contributed by atoms with Crippen molar-refractivity contribution in [1.29, 1.82) is 0 Å². The molecule has 1 aliphatic heterocycles. The molecule has 3 aromatic rings. The molecule has 0 N–H and O–H groups in total. The van der Waals surface area contributed by atoms with E-state index in [2.05, 4.69) is 5.10 Å². The number of nitro benzene ring substituents is 1. The van der Waals surface area contributed by atoms with E-state index < -0.39 is 4.92 Å². The van der Waals surface area contributed by atoms with Gasteiger partial charge in [-0.3, -0.25) is 14.9 Å². The van der Waals surface area contributed by atoms with Gasteiger partial charge in [-0.1, -0.05) is 18.2 Å². The maximum Gasteiger partial charge on any atom is 0.269 e. The van der Waals surface area contributed by atoms with Gasteiger partial charge < -0.3 is 9.64 Å². The number of ether oxygens (including phenoxy) is 1. The standard InChI is InChI=1S/C22H22N4O4/c1-16-14-24(11-12-30-16)21(27)13-18-15-25(19-5-3-2-4-6-19)23-22(18)17-7-9-20(10-8-17)26(28)29/h2-10,15-16H,11-14H2,1H3. The highest BCUT2D eigenvalue weighted by Crippen LogP contribution is 2.27. The smallest absolute Gasteiger partial charge is 0.269 e. The van der Waals surface area contributed by atoms with Crippen LogP contribution in [-0.2, 0) is 16.0 Å². The highest BCUT2D eigenvalue weighted by molar-refractivity contribution is 5.81. The lowest BCUT2D eigenvalue weighted by Gasteiger charge is -2.31. The largest absolute Gasteiger partial charge is 0.375 e. The molecule has 1 fully saturated rings. The Hall–Kier alpha value is -3.52. The highest BCUT2D eigenvalue weighted by atomic mass is 16.6.